The zero-order valence-electron chi connectivity index (χ0n) is 14.6. The van der Waals surface area contributed by atoms with Crippen LogP contribution in [0.3, 0.4) is 0 Å². The number of aromatic nitrogens is 7. The number of furan rings is 1. The van der Waals surface area contributed by atoms with Crippen molar-refractivity contribution in [1.82, 2.24) is 29.4 Å². The van der Waals surface area contributed by atoms with Crippen LogP contribution in [0.2, 0.25) is 0 Å². The van der Waals surface area contributed by atoms with Crippen LogP contribution in [-0.4, -0.2) is 35.4 Å². The normalized spacial score (nSPS) is 11.2. The highest BCUT2D eigenvalue weighted by Gasteiger charge is 2.19. The molecule has 0 atom stereocenters. The summed E-state index contributed by atoms with van der Waals surface area (Å²) in [5.41, 5.74) is 3.61. The molecule has 0 fully saturated rings. The van der Waals surface area contributed by atoms with Crippen LogP contribution in [0.15, 0.2) is 59.6 Å². The molecule has 0 aliphatic carbocycles. The van der Waals surface area contributed by atoms with E-state index in [0.717, 1.165) is 0 Å². The second kappa shape index (κ2) is 6.16. The van der Waals surface area contributed by atoms with Gasteiger partial charge in [-0.15, -0.1) is 10.5 Å². The van der Waals surface area contributed by atoms with Gasteiger partial charge in [-0.3, -0.25) is 10.00 Å². The van der Waals surface area contributed by atoms with Crippen LogP contribution >= 0.6 is 0 Å². The van der Waals surface area contributed by atoms with E-state index in [9.17, 15) is 4.79 Å². The highest BCUT2D eigenvalue weighted by atomic mass is 16.3. The summed E-state index contributed by atoms with van der Waals surface area (Å²) in [5, 5.41) is 12.1. The second-order valence-electron chi connectivity index (χ2n) is 5.97. The molecule has 0 saturated heterocycles. The minimum absolute atomic E-state index is 0.181. The first-order valence-electron chi connectivity index (χ1n) is 8.36. The first-order chi connectivity index (χ1) is 13.7. The summed E-state index contributed by atoms with van der Waals surface area (Å²) < 4.78 is 9.98. The Kier molecular flexibility index (Phi) is 3.50. The van der Waals surface area contributed by atoms with Gasteiger partial charge < -0.3 is 4.42 Å². The Balaban J connectivity index is 1.59. The molecule has 2 amide bonds. The Morgan fingerprint density at radius 1 is 1.14 bits per heavy atom. The summed E-state index contributed by atoms with van der Waals surface area (Å²) >= 11 is 0. The Labute approximate surface area is 157 Å². The number of nitrogens with zero attached hydrogens (tertiary/aromatic N) is 7. The predicted molar refractivity (Wildman–Crippen MR) is 97.8 cm³/mol. The number of amides is 2. The minimum Gasteiger partial charge on any atom is -0.461 e. The number of anilines is 1. The molecule has 0 aromatic carbocycles. The Morgan fingerprint density at radius 2 is 2.00 bits per heavy atom. The lowest BCUT2D eigenvalue weighted by Gasteiger charge is -2.04. The van der Waals surface area contributed by atoms with Gasteiger partial charge in [0, 0.05) is 25.4 Å². The number of nitrogens with one attached hydrogen (secondary N) is 2. The fourth-order valence-electron chi connectivity index (χ4n) is 2.81. The highest BCUT2D eigenvalue weighted by Crippen LogP contribution is 2.23. The van der Waals surface area contributed by atoms with Crippen molar-refractivity contribution in [2.75, 3.05) is 10.7 Å². The van der Waals surface area contributed by atoms with E-state index in [2.05, 4.69) is 30.9 Å². The summed E-state index contributed by atoms with van der Waals surface area (Å²) in [6.45, 7) is 0. The molecule has 138 valence electrons. The molecule has 0 aliphatic heterocycles. The van der Waals surface area contributed by atoms with Gasteiger partial charge in [0.15, 0.2) is 29.4 Å². The summed E-state index contributed by atoms with van der Waals surface area (Å²) in [6.07, 6.45) is 6.74. The number of carbonyl (C=O) groups excluding carboxylic acids is 1. The SMILES string of the molecule is Cn1cc2c(nc(NC(=O)N[n+]3ccccc3)n3nc(-c4ccco4)nc23)n1. The molecule has 0 spiro atoms. The van der Waals surface area contributed by atoms with Crippen molar-refractivity contribution < 1.29 is 13.9 Å². The molecular formula is C17H14N9O2+. The first-order valence-corrected chi connectivity index (χ1v) is 8.36. The van der Waals surface area contributed by atoms with Crippen LogP contribution < -0.4 is 15.4 Å². The molecule has 11 heteroatoms. The van der Waals surface area contributed by atoms with Crippen LogP contribution in [0.1, 0.15) is 0 Å². The third kappa shape index (κ3) is 2.70. The zero-order chi connectivity index (χ0) is 19.1. The van der Waals surface area contributed by atoms with Gasteiger partial charge in [0.05, 0.1) is 11.6 Å². The molecule has 2 N–H and O–H groups in total. The Bertz CT molecular complexity index is 1290. The number of aryl methyl sites for hydroxylation is 1. The number of fused-ring (bicyclic) bond motifs is 3. The molecule has 0 saturated carbocycles. The van der Waals surface area contributed by atoms with E-state index in [-0.39, 0.29) is 5.95 Å². The maximum Gasteiger partial charge on any atom is 0.374 e. The van der Waals surface area contributed by atoms with Gasteiger partial charge in [-0.25, -0.2) is 9.78 Å². The maximum atomic E-state index is 12.4. The maximum absolute atomic E-state index is 12.4. The van der Waals surface area contributed by atoms with E-state index in [1.165, 1.54) is 9.19 Å². The summed E-state index contributed by atoms with van der Waals surface area (Å²) in [5.74, 6) is 1.07. The van der Waals surface area contributed by atoms with Crippen LogP contribution in [0, 0.1) is 0 Å². The monoisotopic (exact) mass is 376 g/mol. The summed E-state index contributed by atoms with van der Waals surface area (Å²) in [6, 6.07) is 8.46. The number of urea groups is 1. The molecule has 11 nitrogen and oxygen atoms in total. The molecule has 0 unspecified atom stereocenters. The van der Waals surface area contributed by atoms with Crippen molar-refractivity contribution in [1.29, 1.82) is 0 Å². The van der Waals surface area contributed by atoms with E-state index < -0.39 is 6.03 Å². The van der Waals surface area contributed by atoms with E-state index in [4.69, 9.17) is 4.42 Å². The Morgan fingerprint density at radius 3 is 2.79 bits per heavy atom. The van der Waals surface area contributed by atoms with Crippen molar-refractivity contribution in [2.45, 2.75) is 0 Å². The average Bonchev–Trinajstić information content (AvgIpc) is 3.40. The molecule has 28 heavy (non-hydrogen) atoms. The smallest absolute Gasteiger partial charge is 0.374 e. The quantitative estimate of drug-likeness (QED) is 0.459. The van der Waals surface area contributed by atoms with Gasteiger partial charge in [-0.1, -0.05) is 10.7 Å². The van der Waals surface area contributed by atoms with Gasteiger partial charge >= 0.3 is 6.03 Å². The van der Waals surface area contributed by atoms with Crippen molar-refractivity contribution in [2.24, 2.45) is 7.05 Å². The Hall–Kier alpha value is -4.28. The number of hydrogen-bond acceptors (Lipinski definition) is 6. The van der Waals surface area contributed by atoms with Gasteiger partial charge in [-0.05, 0) is 12.1 Å². The fourth-order valence-corrected chi connectivity index (χ4v) is 2.81. The largest absolute Gasteiger partial charge is 0.461 e. The third-order valence-corrected chi connectivity index (χ3v) is 3.98. The van der Waals surface area contributed by atoms with Gasteiger partial charge in [0.2, 0.25) is 11.8 Å². The van der Waals surface area contributed by atoms with E-state index in [0.29, 0.717) is 28.3 Å². The van der Waals surface area contributed by atoms with Crippen LogP contribution in [0.4, 0.5) is 10.7 Å². The molecule has 5 aromatic heterocycles. The van der Waals surface area contributed by atoms with Crippen molar-refractivity contribution in [3.05, 3.63) is 55.2 Å². The van der Waals surface area contributed by atoms with Gasteiger partial charge in [0.1, 0.15) is 0 Å². The lowest BCUT2D eigenvalue weighted by molar-refractivity contribution is -0.641. The zero-order valence-corrected chi connectivity index (χ0v) is 14.6. The second-order valence-corrected chi connectivity index (χ2v) is 5.97. The van der Waals surface area contributed by atoms with Crippen molar-refractivity contribution in [3.63, 3.8) is 0 Å². The van der Waals surface area contributed by atoms with E-state index in [1.807, 2.05) is 6.07 Å². The van der Waals surface area contributed by atoms with Crippen LogP contribution in [0.5, 0.6) is 0 Å². The van der Waals surface area contributed by atoms with Crippen molar-refractivity contribution >= 4 is 28.7 Å². The predicted octanol–water partition coefficient (Wildman–Crippen LogP) is 1.33. The van der Waals surface area contributed by atoms with E-state index in [1.54, 1.807) is 60.8 Å². The number of rotatable bonds is 3. The van der Waals surface area contributed by atoms with Crippen LogP contribution in [-0.2, 0) is 7.05 Å². The highest BCUT2D eigenvalue weighted by molar-refractivity contribution is 5.95. The summed E-state index contributed by atoms with van der Waals surface area (Å²) in [4.78, 5) is 21.4. The molecule has 0 bridgehead atoms. The van der Waals surface area contributed by atoms with Crippen LogP contribution in [0.25, 0.3) is 28.3 Å². The van der Waals surface area contributed by atoms with Gasteiger partial charge in [-0.2, -0.15) is 14.6 Å². The molecule has 5 heterocycles. The molecule has 5 rings (SSSR count). The lowest BCUT2D eigenvalue weighted by Crippen LogP contribution is -2.49. The first kappa shape index (κ1) is 15.9. The third-order valence-electron chi connectivity index (χ3n) is 3.98. The molecule has 0 radical (unpaired) electrons. The molecular weight excluding hydrogens is 362 g/mol. The number of pyridine rings is 1. The minimum atomic E-state index is -0.490. The lowest BCUT2D eigenvalue weighted by atomic mass is 10.4. The average molecular weight is 376 g/mol. The fraction of sp³-hybridized carbons (Fsp3) is 0.0588. The van der Waals surface area contributed by atoms with Crippen molar-refractivity contribution in [3.8, 4) is 11.6 Å². The number of carbonyl (C=O) groups is 1. The standard InChI is InChI=1S/C17H13N9O2/c1-24-10-11-13(21-24)19-16(20-17(27)23-25-7-3-2-4-8-25)26-15(11)18-14(22-26)12-6-5-9-28-12/h2-10H,1H3,(H-,19,20,21,23,27)/p+1. The number of hydrogen-bond donors (Lipinski definition) is 2. The van der Waals surface area contributed by atoms with Gasteiger partial charge in [0.25, 0.3) is 0 Å². The summed E-state index contributed by atoms with van der Waals surface area (Å²) in [7, 11) is 1.79. The molecule has 5 aromatic rings. The molecule has 0 aliphatic rings. The van der Waals surface area contributed by atoms with E-state index >= 15 is 0 Å². The topological polar surface area (TPSA) is 119 Å².